The van der Waals surface area contributed by atoms with Crippen LogP contribution in [-0.4, -0.2) is 29.7 Å². The van der Waals surface area contributed by atoms with Gasteiger partial charge in [0.2, 0.25) is 0 Å². The number of nitrogens with zero attached hydrogens (tertiary/aromatic N) is 2. The van der Waals surface area contributed by atoms with Gasteiger partial charge in [-0.2, -0.15) is 0 Å². The molecule has 0 bridgehead atoms. The highest BCUT2D eigenvalue weighted by molar-refractivity contribution is 9.10. The molecule has 1 aromatic rings. The summed E-state index contributed by atoms with van der Waals surface area (Å²) in [6.45, 7) is 4.68. The fraction of sp³-hybridized carbons (Fsp3) is 0.667. The summed E-state index contributed by atoms with van der Waals surface area (Å²) in [6, 6.07) is 0. The van der Waals surface area contributed by atoms with E-state index in [0.29, 0.717) is 5.92 Å². The highest BCUT2D eigenvalue weighted by Crippen LogP contribution is 2.26. The highest BCUT2D eigenvalue weighted by atomic mass is 79.9. The third kappa shape index (κ3) is 3.39. The average Bonchev–Trinajstić information content (AvgIpc) is 2.39. The molecule has 0 radical (unpaired) electrons. The molecule has 1 atom stereocenters. The molecule has 1 fully saturated rings. The molecule has 17 heavy (non-hydrogen) atoms. The monoisotopic (exact) mass is 299 g/mol. The third-order valence-corrected chi connectivity index (χ3v) is 3.41. The first kappa shape index (κ1) is 12.8. The van der Waals surface area contributed by atoms with Gasteiger partial charge in [0.15, 0.2) is 0 Å². The molecule has 1 aliphatic heterocycles. The molecule has 1 unspecified atom stereocenters. The van der Waals surface area contributed by atoms with Gasteiger partial charge < -0.3 is 10.1 Å². The van der Waals surface area contributed by atoms with Crippen molar-refractivity contribution in [1.29, 1.82) is 0 Å². The van der Waals surface area contributed by atoms with Crippen molar-refractivity contribution in [2.45, 2.75) is 32.1 Å². The maximum atomic E-state index is 5.48. The van der Waals surface area contributed by atoms with Gasteiger partial charge in [-0.3, -0.25) is 0 Å². The van der Waals surface area contributed by atoms with E-state index in [1.165, 1.54) is 0 Å². The fourth-order valence-corrected chi connectivity index (χ4v) is 2.22. The number of halogens is 1. The summed E-state index contributed by atoms with van der Waals surface area (Å²) in [5.74, 6) is 2.13. The molecule has 0 aromatic carbocycles. The molecule has 0 spiro atoms. The van der Waals surface area contributed by atoms with Gasteiger partial charge in [0.25, 0.3) is 0 Å². The van der Waals surface area contributed by atoms with Gasteiger partial charge in [-0.1, -0.05) is 6.92 Å². The van der Waals surface area contributed by atoms with E-state index in [1.54, 1.807) is 0 Å². The minimum Gasteiger partial charge on any atom is -0.381 e. The van der Waals surface area contributed by atoms with Gasteiger partial charge in [0, 0.05) is 25.3 Å². The summed E-state index contributed by atoms with van der Waals surface area (Å²) in [5.41, 5.74) is 0. The van der Waals surface area contributed by atoms with E-state index in [2.05, 4.69) is 38.1 Å². The van der Waals surface area contributed by atoms with Crippen molar-refractivity contribution in [2.75, 3.05) is 25.1 Å². The van der Waals surface area contributed by atoms with E-state index in [1.807, 2.05) is 6.20 Å². The van der Waals surface area contributed by atoms with Crippen LogP contribution in [0.15, 0.2) is 10.7 Å². The van der Waals surface area contributed by atoms with E-state index < -0.39 is 0 Å². The van der Waals surface area contributed by atoms with Crippen molar-refractivity contribution in [3.05, 3.63) is 16.5 Å². The van der Waals surface area contributed by atoms with Crippen LogP contribution >= 0.6 is 15.9 Å². The summed E-state index contributed by atoms with van der Waals surface area (Å²) in [7, 11) is 0. The Morgan fingerprint density at radius 3 is 3.18 bits per heavy atom. The Balaban J connectivity index is 2.11. The number of hydrogen-bond acceptors (Lipinski definition) is 4. The predicted octanol–water partition coefficient (Wildman–Crippen LogP) is 2.96. The SMILES string of the molecule is CCCNc1nc(C2CCCOC2)ncc1Br. The van der Waals surface area contributed by atoms with Gasteiger partial charge in [0.05, 0.1) is 11.1 Å². The molecule has 5 heteroatoms. The van der Waals surface area contributed by atoms with Crippen LogP contribution in [-0.2, 0) is 4.74 Å². The van der Waals surface area contributed by atoms with Crippen LogP contribution in [0.3, 0.4) is 0 Å². The number of hydrogen-bond donors (Lipinski definition) is 1. The summed E-state index contributed by atoms with van der Waals surface area (Å²) in [4.78, 5) is 8.98. The van der Waals surface area contributed by atoms with Crippen LogP contribution in [0, 0.1) is 0 Å². The van der Waals surface area contributed by atoms with Crippen molar-refractivity contribution in [3.63, 3.8) is 0 Å². The lowest BCUT2D eigenvalue weighted by molar-refractivity contribution is 0.0781. The first-order valence-electron chi connectivity index (χ1n) is 6.15. The second-order valence-corrected chi connectivity index (χ2v) is 5.12. The summed E-state index contributed by atoms with van der Waals surface area (Å²) >= 11 is 3.47. The second-order valence-electron chi connectivity index (χ2n) is 4.27. The smallest absolute Gasteiger partial charge is 0.144 e. The summed E-state index contributed by atoms with van der Waals surface area (Å²) in [6.07, 6.45) is 5.13. The maximum absolute atomic E-state index is 5.48. The molecular formula is C12H18BrN3O. The first-order valence-corrected chi connectivity index (χ1v) is 6.94. The minimum atomic E-state index is 0.346. The topological polar surface area (TPSA) is 47.0 Å². The van der Waals surface area contributed by atoms with Gasteiger partial charge in [-0.25, -0.2) is 9.97 Å². The van der Waals surface area contributed by atoms with Crippen molar-refractivity contribution < 1.29 is 4.74 Å². The first-order chi connectivity index (χ1) is 8.31. The summed E-state index contributed by atoms with van der Waals surface area (Å²) in [5, 5.41) is 3.30. The van der Waals surface area contributed by atoms with Crippen LogP contribution in [0.2, 0.25) is 0 Å². The molecule has 1 saturated heterocycles. The molecule has 0 amide bonds. The second kappa shape index (κ2) is 6.31. The Kier molecular flexibility index (Phi) is 4.74. The maximum Gasteiger partial charge on any atom is 0.144 e. The molecule has 4 nitrogen and oxygen atoms in total. The molecule has 0 aliphatic carbocycles. The molecule has 1 N–H and O–H groups in total. The third-order valence-electron chi connectivity index (χ3n) is 2.83. The zero-order valence-corrected chi connectivity index (χ0v) is 11.7. The summed E-state index contributed by atoms with van der Waals surface area (Å²) < 4.78 is 6.40. The molecule has 1 aromatic heterocycles. The molecule has 94 valence electrons. The Morgan fingerprint density at radius 2 is 2.47 bits per heavy atom. The number of anilines is 1. The number of nitrogens with one attached hydrogen (secondary N) is 1. The van der Waals surface area contributed by atoms with Crippen molar-refractivity contribution in [1.82, 2.24) is 9.97 Å². The lowest BCUT2D eigenvalue weighted by atomic mass is 10.0. The molecule has 0 saturated carbocycles. The molecule has 2 heterocycles. The van der Waals surface area contributed by atoms with Gasteiger partial charge in [-0.05, 0) is 35.2 Å². The van der Waals surface area contributed by atoms with Gasteiger partial charge in [0.1, 0.15) is 11.6 Å². The van der Waals surface area contributed by atoms with Gasteiger partial charge in [-0.15, -0.1) is 0 Å². The van der Waals surface area contributed by atoms with E-state index in [9.17, 15) is 0 Å². The van der Waals surface area contributed by atoms with E-state index in [0.717, 1.165) is 55.1 Å². The fourth-order valence-electron chi connectivity index (χ4n) is 1.89. The average molecular weight is 300 g/mol. The van der Waals surface area contributed by atoms with Crippen molar-refractivity contribution in [2.24, 2.45) is 0 Å². The number of aromatic nitrogens is 2. The quantitative estimate of drug-likeness (QED) is 0.928. The Bertz CT molecular complexity index is 367. The van der Waals surface area contributed by atoms with Crippen LogP contribution in [0.25, 0.3) is 0 Å². The Labute approximate surface area is 110 Å². The highest BCUT2D eigenvalue weighted by Gasteiger charge is 2.19. The molecule has 2 rings (SSSR count). The normalized spacial score (nSPS) is 20.2. The van der Waals surface area contributed by atoms with Gasteiger partial charge >= 0.3 is 0 Å². The van der Waals surface area contributed by atoms with Crippen LogP contribution < -0.4 is 5.32 Å². The van der Waals surface area contributed by atoms with Crippen LogP contribution in [0.4, 0.5) is 5.82 Å². The largest absolute Gasteiger partial charge is 0.381 e. The molecule has 1 aliphatic rings. The Morgan fingerprint density at radius 1 is 1.59 bits per heavy atom. The minimum absolute atomic E-state index is 0.346. The predicted molar refractivity (Wildman–Crippen MR) is 71.3 cm³/mol. The number of ether oxygens (including phenoxy) is 1. The zero-order valence-electron chi connectivity index (χ0n) is 10.1. The molecular weight excluding hydrogens is 282 g/mol. The van der Waals surface area contributed by atoms with E-state index in [4.69, 9.17) is 4.74 Å². The number of rotatable bonds is 4. The lowest BCUT2D eigenvalue weighted by Crippen LogP contribution is -2.18. The van der Waals surface area contributed by atoms with E-state index >= 15 is 0 Å². The Hall–Kier alpha value is -0.680. The van der Waals surface area contributed by atoms with Crippen LogP contribution in [0.1, 0.15) is 37.9 Å². The van der Waals surface area contributed by atoms with Crippen molar-refractivity contribution >= 4 is 21.7 Å². The van der Waals surface area contributed by atoms with Crippen LogP contribution in [0.5, 0.6) is 0 Å². The lowest BCUT2D eigenvalue weighted by Gasteiger charge is -2.21. The standard InChI is InChI=1S/C12H18BrN3O/c1-2-5-14-12-10(13)7-15-11(16-12)9-4-3-6-17-8-9/h7,9H,2-6,8H2,1H3,(H,14,15,16). The van der Waals surface area contributed by atoms with Crippen molar-refractivity contribution in [3.8, 4) is 0 Å². The zero-order chi connectivity index (χ0) is 12.1. The van der Waals surface area contributed by atoms with E-state index in [-0.39, 0.29) is 0 Å².